The Balaban J connectivity index is 2.01. The van der Waals surface area contributed by atoms with Crippen molar-refractivity contribution in [2.45, 2.75) is 13.8 Å². The second-order valence-corrected chi connectivity index (χ2v) is 4.95. The second-order valence-electron chi connectivity index (χ2n) is 4.95. The lowest BCUT2D eigenvalue weighted by molar-refractivity contribution is 0.432. The molecule has 0 atom stereocenters. The molecule has 0 fully saturated rings. The molecule has 0 aliphatic carbocycles. The first-order valence-corrected chi connectivity index (χ1v) is 6.51. The third-order valence-electron chi connectivity index (χ3n) is 3.37. The van der Waals surface area contributed by atoms with Gasteiger partial charge in [-0.1, -0.05) is 5.16 Å². The summed E-state index contributed by atoms with van der Waals surface area (Å²) in [5.41, 5.74) is 9.77. The second kappa shape index (κ2) is 5.01. The van der Waals surface area contributed by atoms with Gasteiger partial charge in [-0.2, -0.15) is 4.98 Å². The minimum absolute atomic E-state index is 0.283. The van der Waals surface area contributed by atoms with Crippen molar-refractivity contribution in [1.82, 2.24) is 10.1 Å². The first kappa shape index (κ1) is 13.3. The molecule has 0 amide bonds. The average molecular weight is 283 g/mol. The number of nitrogens with two attached hydrogens (primary N) is 1. The van der Waals surface area contributed by atoms with E-state index in [1.807, 2.05) is 26.0 Å². The van der Waals surface area contributed by atoms with E-state index in [2.05, 4.69) is 10.1 Å². The predicted molar refractivity (Wildman–Crippen MR) is 79.0 cm³/mol. The molecule has 21 heavy (non-hydrogen) atoms. The zero-order valence-electron chi connectivity index (χ0n) is 11.7. The van der Waals surface area contributed by atoms with Crippen LogP contribution >= 0.6 is 0 Å². The van der Waals surface area contributed by atoms with Crippen LogP contribution in [0.3, 0.4) is 0 Å². The lowest BCUT2D eigenvalue weighted by Gasteiger charge is -2.01. The molecule has 2 N–H and O–H groups in total. The standard InChI is InChI=1S/C16H14FN3O/c1-9-8-12(17)4-5-13(9)15-19-16(21-20-15)11-3-6-14(18)10(2)7-11/h3-8H,18H2,1-2H3. The summed E-state index contributed by atoms with van der Waals surface area (Å²) in [6.45, 7) is 3.72. The molecule has 3 aromatic rings. The Bertz CT molecular complexity index is 811. The van der Waals surface area contributed by atoms with Gasteiger partial charge in [-0.3, -0.25) is 0 Å². The van der Waals surface area contributed by atoms with Crippen LogP contribution in [-0.4, -0.2) is 10.1 Å². The quantitative estimate of drug-likeness (QED) is 0.727. The summed E-state index contributed by atoms with van der Waals surface area (Å²) in [5, 5.41) is 3.97. The highest BCUT2D eigenvalue weighted by atomic mass is 19.1. The van der Waals surface area contributed by atoms with Crippen molar-refractivity contribution in [2.75, 3.05) is 5.73 Å². The van der Waals surface area contributed by atoms with Crippen molar-refractivity contribution in [3.8, 4) is 22.8 Å². The number of hydrogen-bond acceptors (Lipinski definition) is 4. The van der Waals surface area contributed by atoms with E-state index >= 15 is 0 Å². The van der Waals surface area contributed by atoms with Gasteiger partial charge in [0, 0.05) is 16.8 Å². The van der Waals surface area contributed by atoms with Crippen LogP contribution in [-0.2, 0) is 0 Å². The smallest absolute Gasteiger partial charge is 0.258 e. The van der Waals surface area contributed by atoms with E-state index in [-0.39, 0.29) is 5.82 Å². The van der Waals surface area contributed by atoms with Crippen LogP contribution in [0.25, 0.3) is 22.8 Å². The number of aryl methyl sites for hydroxylation is 2. The summed E-state index contributed by atoms with van der Waals surface area (Å²) >= 11 is 0. The normalized spacial score (nSPS) is 10.8. The Morgan fingerprint density at radius 2 is 1.86 bits per heavy atom. The molecule has 2 aromatic carbocycles. The zero-order chi connectivity index (χ0) is 15.0. The van der Waals surface area contributed by atoms with Crippen LogP contribution < -0.4 is 5.73 Å². The van der Waals surface area contributed by atoms with E-state index in [1.165, 1.54) is 12.1 Å². The van der Waals surface area contributed by atoms with Gasteiger partial charge in [-0.25, -0.2) is 4.39 Å². The van der Waals surface area contributed by atoms with Gasteiger partial charge in [0.05, 0.1) is 0 Å². The number of anilines is 1. The fourth-order valence-corrected chi connectivity index (χ4v) is 2.14. The maximum absolute atomic E-state index is 13.1. The number of nitrogen functional groups attached to an aromatic ring is 1. The molecule has 5 heteroatoms. The zero-order valence-corrected chi connectivity index (χ0v) is 11.7. The van der Waals surface area contributed by atoms with Crippen LogP contribution in [0.5, 0.6) is 0 Å². The SMILES string of the molecule is Cc1cc(-c2nc(-c3ccc(F)cc3C)no2)ccc1N. The Hall–Kier alpha value is -2.69. The Morgan fingerprint density at radius 1 is 1.05 bits per heavy atom. The Morgan fingerprint density at radius 3 is 2.57 bits per heavy atom. The van der Waals surface area contributed by atoms with Crippen molar-refractivity contribution >= 4 is 5.69 Å². The molecule has 4 nitrogen and oxygen atoms in total. The summed E-state index contributed by atoms with van der Waals surface area (Å²) in [7, 11) is 0. The first-order valence-electron chi connectivity index (χ1n) is 6.51. The number of halogens is 1. The van der Waals surface area contributed by atoms with Gasteiger partial charge in [0.15, 0.2) is 0 Å². The Labute approximate surface area is 121 Å². The van der Waals surface area contributed by atoms with Crippen LogP contribution in [0, 0.1) is 19.7 Å². The van der Waals surface area contributed by atoms with Crippen LogP contribution in [0.4, 0.5) is 10.1 Å². The third-order valence-corrected chi connectivity index (χ3v) is 3.37. The molecule has 0 saturated heterocycles. The molecule has 3 rings (SSSR count). The van der Waals surface area contributed by atoms with E-state index < -0.39 is 0 Å². The summed E-state index contributed by atoms with van der Waals surface area (Å²) < 4.78 is 18.4. The number of nitrogens with zero attached hydrogens (tertiary/aromatic N) is 2. The Kier molecular flexibility index (Phi) is 3.17. The van der Waals surface area contributed by atoms with Crippen LogP contribution in [0.1, 0.15) is 11.1 Å². The molecule has 106 valence electrons. The van der Waals surface area contributed by atoms with E-state index in [4.69, 9.17) is 10.3 Å². The summed E-state index contributed by atoms with van der Waals surface area (Å²) in [6, 6.07) is 10.00. The molecule has 0 radical (unpaired) electrons. The van der Waals surface area contributed by atoms with Crippen LogP contribution in [0.2, 0.25) is 0 Å². The van der Waals surface area contributed by atoms with E-state index in [9.17, 15) is 4.39 Å². The molecule has 0 unspecified atom stereocenters. The molecule has 1 heterocycles. The van der Waals surface area contributed by atoms with E-state index in [1.54, 1.807) is 12.1 Å². The maximum atomic E-state index is 13.1. The summed E-state index contributed by atoms with van der Waals surface area (Å²) in [5.74, 6) is 0.572. The van der Waals surface area contributed by atoms with Crippen molar-refractivity contribution < 1.29 is 8.91 Å². The number of rotatable bonds is 2. The van der Waals surface area contributed by atoms with Gasteiger partial charge in [0.25, 0.3) is 5.89 Å². The van der Waals surface area contributed by atoms with Crippen molar-refractivity contribution in [3.63, 3.8) is 0 Å². The molecule has 0 bridgehead atoms. The van der Waals surface area contributed by atoms with E-state index in [0.29, 0.717) is 17.4 Å². The molecule has 0 aliphatic rings. The lowest BCUT2D eigenvalue weighted by atomic mass is 10.1. The van der Waals surface area contributed by atoms with Gasteiger partial charge in [0.1, 0.15) is 5.82 Å². The molecule has 0 saturated carbocycles. The lowest BCUT2D eigenvalue weighted by Crippen LogP contribution is -1.90. The molecule has 0 aliphatic heterocycles. The largest absolute Gasteiger partial charge is 0.399 e. The number of benzene rings is 2. The maximum Gasteiger partial charge on any atom is 0.258 e. The number of aromatic nitrogens is 2. The van der Waals surface area contributed by atoms with Crippen molar-refractivity contribution in [2.24, 2.45) is 0 Å². The van der Waals surface area contributed by atoms with Gasteiger partial charge in [-0.05, 0) is 61.4 Å². The van der Waals surface area contributed by atoms with Gasteiger partial charge >= 0.3 is 0 Å². The first-order chi connectivity index (χ1) is 10.0. The summed E-state index contributed by atoms with van der Waals surface area (Å²) in [4.78, 5) is 4.37. The highest BCUT2D eigenvalue weighted by Gasteiger charge is 2.13. The monoisotopic (exact) mass is 283 g/mol. The topological polar surface area (TPSA) is 64.9 Å². The molecular formula is C16H14FN3O. The number of hydrogen-bond donors (Lipinski definition) is 1. The van der Waals surface area contributed by atoms with Crippen molar-refractivity contribution in [3.05, 3.63) is 53.3 Å². The minimum Gasteiger partial charge on any atom is -0.399 e. The molecule has 1 aromatic heterocycles. The highest BCUT2D eigenvalue weighted by molar-refractivity contribution is 5.65. The van der Waals surface area contributed by atoms with Gasteiger partial charge < -0.3 is 10.3 Å². The van der Waals surface area contributed by atoms with Gasteiger partial charge in [0.2, 0.25) is 5.82 Å². The highest BCUT2D eigenvalue weighted by Crippen LogP contribution is 2.26. The summed E-state index contributed by atoms with van der Waals surface area (Å²) in [6.07, 6.45) is 0. The molecular weight excluding hydrogens is 269 g/mol. The fourth-order valence-electron chi connectivity index (χ4n) is 2.14. The minimum atomic E-state index is -0.283. The average Bonchev–Trinajstić information content (AvgIpc) is 2.91. The van der Waals surface area contributed by atoms with Gasteiger partial charge in [-0.15, -0.1) is 0 Å². The van der Waals surface area contributed by atoms with Crippen LogP contribution in [0.15, 0.2) is 40.9 Å². The van der Waals surface area contributed by atoms with E-state index in [0.717, 1.165) is 22.3 Å². The fraction of sp³-hybridized carbons (Fsp3) is 0.125. The third kappa shape index (κ3) is 2.50. The molecule has 0 spiro atoms. The predicted octanol–water partition coefficient (Wildman–Crippen LogP) is 3.74. The van der Waals surface area contributed by atoms with Crippen molar-refractivity contribution in [1.29, 1.82) is 0 Å².